The first kappa shape index (κ1) is 18.7. The van der Waals surface area contributed by atoms with Crippen LogP contribution in [-0.4, -0.2) is 40.3 Å². The normalized spacial score (nSPS) is 12.3. The van der Waals surface area contributed by atoms with Crippen molar-refractivity contribution in [1.82, 2.24) is 5.32 Å². The molecule has 5 nitrogen and oxygen atoms in total. The second-order valence-electron chi connectivity index (χ2n) is 5.25. The molecule has 6 heteroatoms. The number of carboxylic acids is 1. The van der Waals surface area contributed by atoms with Crippen LogP contribution in [0.15, 0.2) is 0 Å². The number of unbranched alkanes of at least 4 members (excludes halogenated alkanes) is 1. The highest BCUT2D eigenvalue weighted by Gasteiger charge is 2.23. The van der Waals surface area contributed by atoms with Gasteiger partial charge in [0, 0.05) is 6.42 Å². The van der Waals surface area contributed by atoms with E-state index in [1.165, 1.54) is 0 Å². The Kier molecular flexibility index (Phi) is 8.89. The quantitative estimate of drug-likeness (QED) is 0.532. The average molecular weight is 301 g/mol. The lowest BCUT2D eigenvalue weighted by Gasteiger charge is -2.21. The van der Waals surface area contributed by atoms with Crippen molar-refractivity contribution in [3.63, 3.8) is 0 Å². The van der Waals surface area contributed by atoms with Crippen molar-refractivity contribution in [3.8, 4) is 12.3 Å². The molecule has 0 aliphatic rings. The van der Waals surface area contributed by atoms with E-state index in [2.05, 4.69) is 11.2 Å². The Bertz CT molecular complexity index is 357. The van der Waals surface area contributed by atoms with Crippen molar-refractivity contribution in [2.45, 2.75) is 51.7 Å². The third-order valence-corrected chi connectivity index (χ3v) is 3.25. The van der Waals surface area contributed by atoms with Crippen LogP contribution in [0.2, 0.25) is 0 Å². The Balaban J connectivity index is 4.03. The predicted molar refractivity (Wildman–Crippen MR) is 80.8 cm³/mol. The number of aliphatic carboxylic acids is 1. The fourth-order valence-electron chi connectivity index (χ4n) is 1.29. The van der Waals surface area contributed by atoms with Gasteiger partial charge in [0.1, 0.15) is 11.6 Å². The van der Waals surface area contributed by atoms with Gasteiger partial charge < -0.3 is 15.2 Å². The van der Waals surface area contributed by atoms with Crippen molar-refractivity contribution in [2.75, 3.05) is 11.5 Å². The summed E-state index contributed by atoms with van der Waals surface area (Å²) in [6.07, 6.45) is 6.43. The van der Waals surface area contributed by atoms with Crippen LogP contribution >= 0.6 is 11.8 Å². The smallest absolute Gasteiger partial charge is 0.408 e. The van der Waals surface area contributed by atoms with E-state index in [1.54, 1.807) is 32.5 Å². The highest BCUT2D eigenvalue weighted by molar-refractivity contribution is 7.99. The Hall–Kier alpha value is -1.35. The highest BCUT2D eigenvalue weighted by atomic mass is 32.2. The predicted octanol–water partition coefficient (Wildman–Crippen LogP) is 2.50. The van der Waals surface area contributed by atoms with E-state index in [4.69, 9.17) is 16.3 Å². The summed E-state index contributed by atoms with van der Waals surface area (Å²) < 4.78 is 5.04. The molecule has 0 aromatic carbocycles. The number of nitrogens with one attached hydrogen (secondary N) is 1. The van der Waals surface area contributed by atoms with Crippen LogP contribution in [0.4, 0.5) is 4.79 Å². The van der Waals surface area contributed by atoms with Crippen molar-refractivity contribution in [2.24, 2.45) is 0 Å². The first-order valence-corrected chi connectivity index (χ1v) is 7.65. The SMILES string of the molecule is C#CCCCSCCC(NC(=O)OC(C)(C)C)C(=O)O. The maximum atomic E-state index is 11.5. The number of carboxylic acid groups (broad SMARTS) is 1. The first-order chi connectivity index (χ1) is 9.26. The molecule has 0 fully saturated rings. The molecule has 0 bridgehead atoms. The fraction of sp³-hybridized carbons (Fsp3) is 0.714. The zero-order valence-corrected chi connectivity index (χ0v) is 13.1. The summed E-state index contributed by atoms with van der Waals surface area (Å²) in [4.78, 5) is 22.6. The molecule has 0 rings (SSSR count). The van der Waals surface area contributed by atoms with Gasteiger partial charge in [-0.25, -0.2) is 9.59 Å². The van der Waals surface area contributed by atoms with Crippen molar-refractivity contribution in [3.05, 3.63) is 0 Å². The molecule has 0 saturated carbocycles. The molecule has 0 spiro atoms. The van der Waals surface area contributed by atoms with Crippen LogP contribution in [0, 0.1) is 12.3 Å². The van der Waals surface area contributed by atoms with Gasteiger partial charge in [0.25, 0.3) is 0 Å². The van der Waals surface area contributed by atoms with Gasteiger partial charge in [0.15, 0.2) is 0 Å². The molecule has 1 amide bonds. The van der Waals surface area contributed by atoms with Crippen LogP contribution in [0.3, 0.4) is 0 Å². The molecule has 2 N–H and O–H groups in total. The number of terminal acetylenes is 1. The molecule has 0 aromatic heterocycles. The van der Waals surface area contributed by atoms with Crippen LogP contribution in [-0.2, 0) is 9.53 Å². The van der Waals surface area contributed by atoms with Gasteiger partial charge in [-0.15, -0.1) is 12.3 Å². The summed E-state index contributed by atoms with van der Waals surface area (Å²) in [5.41, 5.74) is -0.642. The molecule has 0 aromatic rings. The van der Waals surface area contributed by atoms with Gasteiger partial charge in [-0.2, -0.15) is 11.8 Å². The molecule has 1 unspecified atom stereocenters. The molecule has 0 heterocycles. The Morgan fingerprint density at radius 1 is 1.40 bits per heavy atom. The number of rotatable bonds is 8. The van der Waals surface area contributed by atoms with Gasteiger partial charge in [0.05, 0.1) is 0 Å². The standard InChI is InChI=1S/C14H23NO4S/c1-5-6-7-9-20-10-8-11(12(16)17)15-13(18)19-14(2,3)4/h1,11H,6-10H2,2-4H3,(H,15,18)(H,16,17). The van der Waals surface area contributed by atoms with Crippen LogP contribution in [0.25, 0.3) is 0 Å². The van der Waals surface area contributed by atoms with Crippen molar-refractivity contribution >= 4 is 23.8 Å². The second kappa shape index (κ2) is 9.54. The molecule has 0 saturated heterocycles. The third-order valence-electron chi connectivity index (χ3n) is 2.15. The third kappa shape index (κ3) is 10.6. The van der Waals surface area contributed by atoms with Crippen molar-refractivity contribution in [1.29, 1.82) is 0 Å². The minimum absolute atomic E-state index is 0.356. The Morgan fingerprint density at radius 3 is 2.55 bits per heavy atom. The van der Waals surface area contributed by atoms with Crippen LogP contribution < -0.4 is 5.32 Å². The first-order valence-electron chi connectivity index (χ1n) is 6.50. The Morgan fingerprint density at radius 2 is 2.05 bits per heavy atom. The summed E-state index contributed by atoms with van der Waals surface area (Å²) >= 11 is 1.63. The number of hydrogen-bond acceptors (Lipinski definition) is 4. The van der Waals surface area contributed by atoms with Gasteiger partial charge in [0.2, 0.25) is 0 Å². The molecular weight excluding hydrogens is 278 g/mol. The molecule has 114 valence electrons. The summed E-state index contributed by atoms with van der Waals surface area (Å²) in [5.74, 6) is 3.04. The maximum Gasteiger partial charge on any atom is 0.408 e. The number of carbonyl (C=O) groups excluding carboxylic acids is 1. The van der Waals surface area contributed by atoms with Gasteiger partial charge >= 0.3 is 12.1 Å². The van der Waals surface area contributed by atoms with Gasteiger partial charge in [-0.05, 0) is 45.1 Å². The summed E-state index contributed by atoms with van der Waals surface area (Å²) in [5, 5.41) is 11.4. The minimum atomic E-state index is -1.06. The zero-order chi connectivity index (χ0) is 15.6. The van der Waals surface area contributed by atoms with Crippen molar-refractivity contribution < 1.29 is 19.4 Å². The average Bonchev–Trinajstić information content (AvgIpc) is 2.29. The molecule has 20 heavy (non-hydrogen) atoms. The van der Waals surface area contributed by atoms with Gasteiger partial charge in [-0.3, -0.25) is 0 Å². The lowest BCUT2D eigenvalue weighted by atomic mass is 10.2. The van der Waals surface area contributed by atoms with Crippen LogP contribution in [0.1, 0.15) is 40.0 Å². The topological polar surface area (TPSA) is 75.6 Å². The number of hydrogen-bond donors (Lipinski definition) is 2. The summed E-state index contributed by atoms with van der Waals surface area (Å²) in [6.45, 7) is 5.18. The largest absolute Gasteiger partial charge is 0.480 e. The van der Waals surface area contributed by atoms with E-state index in [0.29, 0.717) is 12.2 Å². The monoisotopic (exact) mass is 301 g/mol. The zero-order valence-electron chi connectivity index (χ0n) is 12.3. The van der Waals surface area contributed by atoms with E-state index < -0.39 is 23.7 Å². The number of amides is 1. The van der Waals surface area contributed by atoms with E-state index in [1.807, 2.05) is 0 Å². The highest BCUT2D eigenvalue weighted by Crippen LogP contribution is 2.10. The van der Waals surface area contributed by atoms with E-state index in [-0.39, 0.29) is 0 Å². The minimum Gasteiger partial charge on any atom is -0.480 e. The molecule has 0 aliphatic heterocycles. The molecule has 0 aliphatic carbocycles. The van der Waals surface area contributed by atoms with Gasteiger partial charge in [-0.1, -0.05) is 0 Å². The van der Waals surface area contributed by atoms with E-state index in [9.17, 15) is 9.59 Å². The summed E-state index contributed by atoms with van der Waals surface area (Å²) in [6, 6.07) is -0.926. The molecule has 1 atom stereocenters. The lowest BCUT2D eigenvalue weighted by molar-refractivity contribution is -0.139. The number of thioether (sulfide) groups is 1. The fourth-order valence-corrected chi connectivity index (χ4v) is 2.24. The van der Waals surface area contributed by atoms with E-state index in [0.717, 1.165) is 18.6 Å². The second-order valence-corrected chi connectivity index (χ2v) is 6.47. The number of ether oxygens (including phenoxy) is 1. The maximum absolute atomic E-state index is 11.5. The Labute approximate surface area is 124 Å². The number of alkyl carbamates (subject to hydrolysis) is 1. The summed E-state index contributed by atoms with van der Waals surface area (Å²) in [7, 11) is 0. The molecule has 0 radical (unpaired) electrons. The van der Waals surface area contributed by atoms with Crippen LogP contribution in [0.5, 0.6) is 0 Å². The lowest BCUT2D eigenvalue weighted by Crippen LogP contribution is -2.43. The van der Waals surface area contributed by atoms with E-state index >= 15 is 0 Å². The molecular formula is C14H23NO4S. The number of carbonyl (C=O) groups is 2.